The molecule has 2 heterocycles. The Morgan fingerprint density at radius 3 is 1.76 bits per heavy atom. The van der Waals surface area contributed by atoms with Gasteiger partial charge in [0.25, 0.3) is 0 Å². The number of hydrogen-bond donors (Lipinski definition) is 3. The average Bonchev–Trinajstić information content (AvgIpc) is 3.56. The highest BCUT2D eigenvalue weighted by Crippen LogP contribution is 2.38. The van der Waals surface area contributed by atoms with Crippen molar-refractivity contribution in [1.29, 1.82) is 0 Å². The van der Waals surface area contributed by atoms with Crippen LogP contribution in [0.2, 0.25) is 0 Å². The number of nitrogens with one attached hydrogen (secondary N) is 3. The summed E-state index contributed by atoms with van der Waals surface area (Å²) < 4.78 is 46.3. The van der Waals surface area contributed by atoms with Crippen LogP contribution < -0.4 is 29.8 Å². The Kier molecular flexibility index (Phi) is 12.1. The molecule has 12 nitrogen and oxygen atoms in total. The standard InChI is InChI=1S/C25H35N3O3S.C12H17N3O3S/c1-17-8-9-19(25(6,7)16-24(3,4)5)14-22(17)31-32(30)27-20-10-12-21(13-11-20)28-15-18(2)23(29)26-28;1-9-8-15(13-12(9)16)10-4-6-11(7-5-10)19(17,18)14(2)3/h8-14,18,27H,15-16H2,1-7H3,(H,26,29);4-7,9H,8H2,1-3H3,(H,13,16). The van der Waals surface area contributed by atoms with Crippen molar-refractivity contribution in [2.24, 2.45) is 17.3 Å². The molecular formula is C37H52N6O6S2. The molecule has 2 saturated heterocycles. The first-order valence-corrected chi connectivity index (χ1v) is 19.4. The van der Waals surface area contributed by atoms with Gasteiger partial charge in [0.1, 0.15) is 5.75 Å². The first kappa shape index (κ1) is 39.6. The molecule has 278 valence electrons. The Balaban J connectivity index is 0.000000261. The van der Waals surface area contributed by atoms with Gasteiger partial charge in [-0.15, -0.1) is 0 Å². The summed E-state index contributed by atoms with van der Waals surface area (Å²) in [5.74, 6) is 0.502. The second-order valence-electron chi connectivity index (χ2n) is 15.3. The summed E-state index contributed by atoms with van der Waals surface area (Å²) in [6, 6.07) is 20.0. The summed E-state index contributed by atoms with van der Waals surface area (Å²) in [5, 5.41) is 3.54. The van der Waals surface area contributed by atoms with Gasteiger partial charge < -0.3 is 4.18 Å². The van der Waals surface area contributed by atoms with Gasteiger partial charge in [0.15, 0.2) is 0 Å². The molecule has 3 unspecified atom stereocenters. The molecule has 14 heteroatoms. The van der Waals surface area contributed by atoms with E-state index in [0.29, 0.717) is 24.5 Å². The van der Waals surface area contributed by atoms with Crippen LogP contribution in [0.15, 0.2) is 71.6 Å². The molecule has 5 rings (SSSR count). The summed E-state index contributed by atoms with van der Waals surface area (Å²) in [7, 11) is -0.428. The quantitative estimate of drug-likeness (QED) is 0.241. The minimum Gasteiger partial charge on any atom is -0.385 e. The van der Waals surface area contributed by atoms with E-state index in [1.807, 2.05) is 62.2 Å². The normalized spacial score (nSPS) is 18.6. The van der Waals surface area contributed by atoms with Gasteiger partial charge in [-0.25, -0.2) is 12.7 Å². The van der Waals surface area contributed by atoms with Crippen molar-refractivity contribution in [2.45, 2.75) is 72.1 Å². The number of anilines is 3. The molecule has 0 bridgehead atoms. The lowest BCUT2D eigenvalue weighted by Crippen LogP contribution is -2.33. The Bertz CT molecular complexity index is 1840. The molecule has 0 aromatic heterocycles. The summed E-state index contributed by atoms with van der Waals surface area (Å²) in [5.41, 5.74) is 10.2. The molecule has 0 aliphatic carbocycles. The first-order valence-electron chi connectivity index (χ1n) is 16.9. The lowest BCUT2D eigenvalue weighted by atomic mass is 9.72. The number of benzene rings is 3. The summed E-state index contributed by atoms with van der Waals surface area (Å²) >= 11 is -1.74. The summed E-state index contributed by atoms with van der Waals surface area (Å²) in [6.07, 6.45) is 1.02. The van der Waals surface area contributed by atoms with E-state index in [0.717, 1.165) is 28.9 Å². The highest BCUT2D eigenvalue weighted by atomic mass is 32.2. The number of carbonyl (C=O) groups is 2. The van der Waals surface area contributed by atoms with Crippen LogP contribution in [-0.2, 0) is 36.3 Å². The molecule has 3 N–H and O–H groups in total. The Hall–Kier alpha value is -4.14. The molecule has 3 aromatic rings. The van der Waals surface area contributed by atoms with Crippen LogP contribution in [0.4, 0.5) is 17.1 Å². The molecule has 51 heavy (non-hydrogen) atoms. The zero-order valence-electron chi connectivity index (χ0n) is 31.2. The molecule has 2 fully saturated rings. The smallest absolute Gasteiger partial charge is 0.316 e. The number of hydrazine groups is 2. The van der Waals surface area contributed by atoms with Crippen molar-refractivity contribution in [2.75, 3.05) is 41.9 Å². The van der Waals surface area contributed by atoms with Gasteiger partial charge in [-0.2, -0.15) is 4.21 Å². The maximum Gasteiger partial charge on any atom is 0.316 e. The van der Waals surface area contributed by atoms with Gasteiger partial charge in [0, 0.05) is 19.8 Å². The molecule has 0 radical (unpaired) electrons. The van der Waals surface area contributed by atoms with Crippen LogP contribution in [0.5, 0.6) is 5.75 Å². The Morgan fingerprint density at radius 1 is 0.843 bits per heavy atom. The Labute approximate surface area is 305 Å². The lowest BCUT2D eigenvalue weighted by Gasteiger charge is -2.33. The van der Waals surface area contributed by atoms with Gasteiger partial charge >= 0.3 is 11.3 Å². The van der Waals surface area contributed by atoms with E-state index < -0.39 is 21.3 Å². The average molecular weight is 741 g/mol. The maximum atomic E-state index is 12.7. The van der Waals surface area contributed by atoms with Gasteiger partial charge in [0.05, 0.1) is 41.2 Å². The monoisotopic (exact) mass is 740 g/mol. The third kappa shape index (κ3) is 10.2. The molecule has 2 aliphatic heterocycles. The molecule has 2 amide bonds. The van der Waals surface area contributed by atoms with Crippen LogP contribution in [0.25, 0.3) is 0 Å². The predicted octanol–water partition coefficient (Wildman–Crippen LogP) is 5.69. The van der Waals surface area contributed by atoms with E-state index in [4.69, 9.17) is 4.18 Å². The van der Waals surface area contributed by atoms with Gasteiger partial charge in [-0.3, -0.25) is 35.2 Å². The second-order valence-corrected chi connectivity index (χ2v) is 18.3. The van der Waals surface area contributed by atoms with Gasteiger partial charge in [0.2, 0.25) is 21.8 Å². The number of rotatable bonds is 10. The molecule has 0 spiro atoms. The number of sulfonamides is 1. The van der Waals surface area contributed by atoms with E-state index in [2.05, 4.69) is 56.3 Å². The molecule has 3 aromatic carbocycles. The minimum atomic E-state index is -3.41. The van der Waals surface area contributed by atoms with Crippen molar-refractivity contribution in [3.8, 4) is 5.75 Å². The number of nitrogens with zero attached hydrogens (tertiary/aromatic N) is 3. The SMILES string of the molecule is CC1CN(c2ccc(S(=O)(=O)N(C)C)cc2)NC1=O.Cc1ccc(C(C)(C)CC(C)(C)C)cc1OS(=O)Nc1ccc(N2CC(C)C(=O)N2)cc1. The summed E-state index contributed by atoms with van der Waals surface area (Å²) in [4.78, 5) is 23.4. The highest BCUT2D eigenvalue weighted by Gasteiger charge is 2.29. The van der Waals surface area contributed by atoms with Gasteiger partial charge in [-0.05, 0) is 89.9 Å². The maximum absolute atomic E-state index is 12.7. The lowest BCUT2D eigenvalue weighted by molar-refractivity contribution is -0.122. The van der Waals surface area contributed by atoms with Crippen molar-refractivity contribution in [1.82, 2.24) is 15.2 Å². The van der Waals surface area contributed by atoms with E-state index in [9.17, 15) is 22.2 Å². The number of carbonyl (C=O) groups excluding carboxylic acids is 2. The minimum absolute atomic E-state index is 0.0185. The second kappa shape index (κ2) is 15.6. The van der Waals surface area contributed by atoms with Crippen LogP contribution >= 0.6 is 0 Å². The molecular weight excluding hydrogens is 689 g/mol. The van der Waals surface area contributed by atoms with Crippen LogP contribution in [0, 0.1) is 24.2 Å². The molecule has 2 aliphatic rings. The third-order valence-electron chi connectivity index (χ3n) is 8.71. The van der Waals surface area contributed by atoms with Crippen molar-refractivity contribution >= 4 is 50.2 Å². The van der Waals surface area contributed by atoms with Crippen LogP contribution in [0.3, 0.4) is 0 Å². The van der Waals surface area contributed by atoms with E-state index in [-0.39, 0.29) is 39.4 Å². The number of aryl methyl sites for hydroxylation is 1. The first-order chi connectivity index (χ1) is 23.7. The van der Waals surface area contributed by atoms with E-state index in [1.165, 1.54) is 18.4 Å². The number of hydrogen-bond acceptors (Lipinski definition) is 8. The van der Waals surface area contributed by atoms with E-state index >= 15 is 0 Å². The summed E-state index contributed by atoms with van der Waals surface area (Å²) in [6.45, 7) is 18.1. The zero-order valence-corrected chi connectivity index (χ0v) is 32.9. The molecule has 3 atom stereocenters. The molecule has 0 saturated carbocycles. The fraction of sp³-hybridized carbons (Fsp3) is 0.459. The van der Waals surface area contributed by atoms with Crippen LogP contribution in [-0.4, -0.2) is 55.9 Å². The predicted molar refractivity (Wildman–Crippen MR) is 204 cm³/mol. The fourth-order valence-electron chi connectivity index (χ4n) is 6.09. The topological polar surface area (TPSA) is 140 Å². The zero-order chi connectivity index (χ0) is 37.9. The van der Waals surface area contributed by atoms with Crippen molar-refractivity contribution in [3.05, 3.63) is 77.9 Å². The Morgan fingerprint density at radius 2 is 1.33 bits per heavy atom. The largest absolute Gasteiger partial charge is 0.385 e. The van der Waals surface area contributed by atoms with Crippen molar-refractivity contribution < 1.29 is 26.4 Å². The fourth-order valence-corrected chi connectivity index (χ4v) is 7.70. The third-order valence-corrected chi connectivity index (χ3v) is 11.3. The van der Waals surface area contributed by atoms with Crippen LogP contribution in [0.1, 0.15) is 66.0 Å². The number of amides is 2. The van der Waals surface area contributed by atoms with Gasteiger partial charge in [-0.1, -0.05) is 60.6 Å². The van der Waals surface area contributed by atoms with Crippen molar-refractivity contribution in [3.63, 3.8) is 0 Å². The van der Waals surface area contributed by atoms with E-state index in [1.54, 1.807) is 29.3 Å². The highest BCUT2D eigenvalue weighted by molar-refractivity contribution is 7.89.